The molecule has 0 radical (unpaired) electrons. The van der Waals surface area contributed by atoms with Crippen LogP contribution in [0.5, 0.6) is 0 Å². The number of hydrogen-bond donors (Lipinski definition) is 3. The lowest BCUT2D eigenvalue weighted by molar-refractivity contribution is -0.385. The molecular weight excluding hydrogens is 216 g/mol. The molecule has 1 aromatic rings. The van der Waals surface area contributed by atoms with Crippen molar-refractivity contribution in [3.8, 4) is 0 Å². The fraction of sp³-hybridized carbons (Fsp3) is 0.500. The number of nitrogens with zero attached hydrogens (tertiary/aromatic N) is 3. The van der Waals surface area contributed by atoms with Gasteiger partial charge in [0.15, 0.2) is 0 Å². The SMILES string of the molecule is CC(O)(CO)CNc1ncc([N+](=O)[O-])cn1. The first kappa shape index (κ1) is 12.3. The van der Waals surface area contributed by atoms with Crippen LogP contribution in [0.25, 0.3) is 0 Å². The molecule has 0 aliphatic carbocycles. The number of nitro groups is 1. The number of aromatic nitrogens is 2. The van der Waals surface area contributed by atoms with Crippen LogP contribution >= 0.6 is 0 Å². The van der Waals surface area contributed by atoms with Crippen LogP contribution in [-0.2, 0) is 0 Å². The van der Waals surface area contributed by atoms with E-state index in [1.54, 1.807) is 0 Å². The lowest BCUT2D eigenvalue weighted by Crippen LogP contribution is -2.37. The quantitative estimate of drug-likeness (QED) is 0.460. The number of aliphatic hydroxyl groups is 2. The lowest BCUT2D eigenvalue weighted by atomic mass is 10.1. The third kappa shape index (κ3) is 3.41. The summed E-state index contributed by atoms with van der Waals surface area (Å²) >= 11 is 0. The van der Waals surface area contributed by atoms with Gasteiger partial charge in [-0.1, -0.05) is 0 Å². The number of nitrogens with one attached hydrogen (secondary N) is 1. The summed E-state index contributed by atoms with van der Waals surface area (Å²) in [7, 11) is 0. The van der Waals surface area contributed by atoms with E-state index in [9.17, 15) is 15.2 Å². The van der Waals surface area contributed by atoms with Crippen LogP contribution in [0.4, 0.5) is 11.6 Å². The Morgan fingerprint density at radius 1 is 1.56 bits per heavy atom. The number of aliphatic hydroxyl groups excluding tert-OH is 1. The zero-order valence-electron chi connectivity index (χ0n) is 8.62. The number of rotatable bonds is 5. The molecule has 0 aliphatic rings. The van der Waals surface area contributed by atoms with Gasteiger partial charge in [-0.25, -0.2) is 9.97 Å². The second-order valence-electron chi connectivity index (χ2n) is 3.53. The van der Waals surface area contributed by atoms with Gasteiger partial charge in [-0.3, -0.25) is 10.1 Å². The summed E-state index contributed by atoms with van der Waals surface area (Å²) in [5.74, 6) is 0.152. The van der Waals surface area contributed by atoms with Crippen LogP contribution in [0.2, 0.25) is 0 Å². The molecule has 0 saturated heterocycles. The molecule has 0 bridgehead atoms. The zero-order valence-corrected chi connectivity index (χ0v) is 8.62. The molecule has 88 valence electrons. The fourth-order valence-electron chi connectivity index (χ4n) is 0.832. The summed E-state index contributed by atoms with van der Waals surface area (Å²) < 4.78 is 0. The molecule has 0 fully saturated rings. The minimum absolute atomic E-state index is 0.0430. The molecule has 0 amide bonds. The van der Waals surface area contributed by atoms with Crippen molar-refractivity contribution < 1.29 is 15.1 Å². The van der Waals surface area contributed by atoms with E-state index in [-0.39, 0.29) is 18.2 Å². The Kier molecular flexibility index (Phi) is 3.69. The van der Waals surface area contributed by atoms with Crippen molar-refractivity contribution in [2.24, 2.45) is 0 Å². The predicted molar refractivity (Wildman–Crippen MR) is 54.9 cm³/mol. The molecular formula is C8H12N4O4. The van der Waals surface area contributed by atoms with E-state index in [0.29, 0.717) is 0 Å². The summed E-state index contributed by atoms with van der Waals surface area (Å²) in [6.45, 7) is 1.07. The Balaban J connectivity index is 2.59. The average molecular weight is 228 g/mol. The van der Waals surface area contributed by atoms with Gasteiger partial charge in [0, 0.05) is 6.54 Å². The zero-order chi connectivity index (χ0) is 12.2. The standard InChI is InChI=1S/C8H12N4O4/c1-8(14,5-13)4-11-7-9-2-6(3-10-7)12(15)16/h2-3,13-14H,4-5H2,1H3,(H,9,10,11). The Bertz CT molecular complexity index is 365. The molecule has 0 saturated carbocycles. The van der Waals surface area contributed by atoms with E-state index in [1.807, 2.05) is 0 Å². The van der Waals surface area contributed by atoms with E-state index in [4.69, 9.17) is 5.11 Å². The van der Waals surface area contributed by atoms with Crippen molar-refractivity contribution in [1.29, 1.82) is 0 Å². The van der Waals surface area contributed by atoms with Crippen LogP contribution in [0.15, 0.2) is 12.4 Å². The maximum atomic E-state index is 10.3. The predicted octanol–water partition coefficient (Wildman–Crippen LogP) is -0.460. The van der Waals surface area contributed by atoms with Gasteiger partial charge in [0.25, 0.3) is 0 Å². The van der Waals surface area contributed by atoms with E-state index < -0.39 is 17.1 Å². The first-order valence-electron chi connectivity index (χ1n) is 4.48. The van der Waals surface area contributed by atoms with Crippen LogP contribution in [0.1, 0.15) is 6.92 Å². The van der Waals surface area contributed by atoms with Gasteiger partial charge in [-0.05, 0) is 6.92 Å². The molecule has 0 aliphatic heterocycles. The number of hydrogen-bond acceptors (Lipinski definition) is 7. The number of anilines is 1. The van der Waals surface area contributed by atoms with Crippen LogP contribution in [0.3, 0.4) is 0 Å². The first-order chi connectivity index (χ1) is 7.44. The normalized spacial score (nSPS) is 14.2. The highest BCUT2D eigenvalue weighted by Gasteiger charge is 2.19. The van der Waals surface area contributed by atoms with Gasteiger partial charge in [-0.2, -0.15) is 0 Å². The lowest BCUT2D eigenvalue weighted by Gasteiger charge is -2.20. The average Bonchev–Trinajstić information content (AvgIpc) is 2.27. The third-order valence-electron chi connectivity index (χ3n) is 1.82. The summed E-state index contributed by atoms with van der Waals surface area (Å²) in [6.07, 6.45) is 2.12. The molecule has 1 aromatic heterocycles. The molecule has 0 aromatic carbocycles. The van der Waals surface area contributed by atoms with E-state index in [1.165, 1.54) is 6.92 Å². The maximum Gasteiger partial charge on any atom is 0.305 e. The summed E-state index contributed by atoms with van der Waals surface area (Å²) in [4.78, 5) is 17.1. The van der Waals surface area contributed by atoms with Crippen molar-refractivity contribution >= 4 is 11.6 Å². The van der Waals surface area contributed by atoms with Crippen molar-refractivity contribution in [2.45, 2.75) is 12.5 Å². The maximum absolute atomic E-state index is 10.3. The topological polar surface area (TPSA) is 121 Å². The molecule has 3 N–H and O–H groups in total. The Morgan fingerprint density at radius 2 is 2.12 bits per heavy atom. The van der Waals surface area contributed by atoms with Crippen LogP contribution in [0, 0.1) is 10.1 Å². The van der Waals surface area contributed by atoms with Gasteiger partial charge in [0.2, 0.25) is 5.95 Å². The van der Waals surface area contributed by atoms with Gasteiger partial charge in [0.05, 0.1) is 11.5 Å². The Hall–Kier alpha value is -1.80. The van der Waals surface area contributed by atoms with Crippen molar-refractivity contribution in [1.82, 2.24) is 9.97 Å². The molecule has 16 heavy (non-hydrogen) atoms. The minimum atomic E-state index is -1.29. The molecule has 1 atom stereocenters. The molecule has 1 heterocycles. The fourth-order valence-corrected chi connectivity index (χ4v) is 0.832. The van der Waals surface area contributed by atoms with E-state index in [0.717, 1.165) is 12.4 Å². The minimum Gasteiger partial charge on any atom is -0.393 e. The van der Waals surface area contributed by atoms with Gasteiger partial charge in [0.1, 0.15) is 18.0 Å². The third-order valence-corrected chi connectivity index (χ3v) is 1.82. The first-order valence-corrected chi connectivity index (χ1v) is 4.48. The van der Waals surface area contributed by atoms with Crippen molar-refractivity contribution in [3.05, 3.63) is 22.5 Å². The van der Waals surface area contributed by atoms with E-state index in [2.05, 4.69) is 15.3 Å². The Morgan fingerprint density at radius 3 is 2.56 bits per heavy atom. The second-order valence-corrected chi connectivity index (χ2v) is 3.53. The monoisotopic (exact) mass is 228 g/mol. The van der Waals surface area contributed by atoms with Gasteiger partial charge in [-0.15, -0.1) is 0 Å². The highest BCUT2D eigenvalue weighted by atomic mass is 16.6. The van der Waals surface area contributed by atoms with Gasteiger partial charge >= 0.3 is 5.69 Å². The summed E-state index contributed by atoms with van der Waals surface area (Å²) in [5.41, 5.74) is -1.50. The molecule has 8 nitrogen and oxygen atoms in total. The van der Waals surface area contributed by atoms with Crippen molar-refractivity contribution in [3.63, 3.8) is 0 Å². The molecule has 8 heteroatoms. The smallest absolute Gasteiger partial charge is 0.305 e. The van der Waals surface area contributed by atoms with E-state index >= 15 is 0 Å². The summed E-state index contributed by atoms with van der Waals surface area (Å²) in [6, 6.07) is 0. The summed E-state index contributed by atoms with van der Waals surface area (Å²) in [5, 5.41) is 31.2. The molecule has 1 unspecified atom stereocenters. The largest absolute Gasteiger partial charge is 0.393 e. The second kappa shape index (κ2) is 4.81. The van der Waals surface area contributed by atoms with Crippen molar-refractivity contribution in [2.75, 3.05) is 18.5 Å². The van der Waals surface area contributed by atoms with Crippen LogP contribution < -0.4 is 5.32 Å². The molecule has 1 rings (SSSR count). The Labute approximate surface area is 91.1 Å². The molecule has 0 spiro atoms. The highest BCUT2D eigenvalue weighted by molar-refractivity contribution is 5.30. The highest BCUT2D eigenvalue weighted by Crippen LogP contribution is 2.09. The van der Waals surface area contributed by atoms with Gasteiger partial charge < -0.3 is 15.5 Å². The van der Waals surface area contributed by atoms with Crippen LogP contribution in [-0.4, -0.2) is 43.9 Å².